The summed E-state index contributed by atoms with van der Waals surface area (Å²) in [7, 11) is 0. The Hall–Kier alpha value is -2.56. The quantitative estimate of drug-likeness (QED) is 0.299. The maximum absolute atomic E-state index is 9.96. The van der Waals surface area contributed by atoms with Gasteiger partial charge in [-0.05, 0) is 24.3 Å². The molecule has 3 rings (SSSR count). The van der Waals surface area contributed by atoms with E-state index in [0.717, 1.165) is 0 Å². The standard InChI is InChI=1S/C12H11N3O2/c13-5-1-3-7-9(11(5)16)10-8(15-7)4-2-6(14)12(10)17/h1-4,15-17H,13-14H2. The molecule has 0 atom stereocenters. The molecule has 0 saturated carbocycles. The van der Waals surface area contributed by atoms with E-state index in [0.29, 0.717) is 21.8 Å². The Morgan fingerprint density at radius 1 is 0.765 bits per heavy atom. The lowest BCUT2D eigenvalue weighted by molar-refractivity contribution is 0.480. The number of phenols is 2. The van der Waals surface area contributed by atoms with Gasteiger partial charge in [0.2, 0.25) is 0 Å². The molecule has 17 heavy (non-hydrogen) atoms. The third kappa shape index (κ3) is 1.13. The van der Waals surface area contributed by atoms with E-state index in [1.165, 1.54) is 0 Å². The van der Waals surface area contributed by atoms with Gasteiger partial charge in [0.25, 0.3) is 0 Å². The number of hydrogen-bond acceptors (Lipinski definition) is 4. The molecule has 0 amide bonds. The van der Waals surface area contributed by atoms with Crippen LogP contribution in [0.2, 0.25) is 0 Å². The van der Waals surface area contributed by atoms with E-state index in [2.05, 4.69) is 4.98 Å². The van der Waals surface area contributed by atoms with E-state index in [-0.39, 0.29) is 22.9 Å². The second-order valence-corrected chi connectivity index (χ2v) is 3.98. The third-order valence-electron chi connectivity index (χ3n) is 2.94. The molecule has 7 N–H and O–H groups in total. The third-order valence-corrected chi connectivity index (χ3v) is 2.94. The minimum Gasteiger partial charge on any atom is -0.505 e. The number of hydrogen-bond donors (Lipinski definition) is 5. The van der Waals surface area contributed by atoms with E-state index in [9.17, 15) is 10.2 Å². The fraction of sp³-hybridized carbons (Fsp3) is 0. The Kier molecular flexibility index (Phi) is 1.69. The highest BCUT2D eigenvalue weighted by molar-refractivity contribution is 6.15. The first kappa shape index (κ1) is 9.65. The average Bonchev–Trinajstić information content (AvgIpc) is 2.69. The number of aromatic hydroxyl groups is 2. The molecule has 1 heterocycles. The lowest BCUT2D eigenvalue weighted by Crippen LogP contribution is -1.86. The van der Waals surface area contributed by atoms with Crippen LogP contribution in [0.4, 0.5) is 11.4 Å². The number of fused-ring (bicyclic) bond motifs is 3. The summed E-state index contributed by atoms with van der Waals surface area (Å²) in [6.45, 7) is 0. The predicted molar refractivity (Wildman–Crippen MR) is 68.0 cm³/mol. The van der Waals surface area contributed by atoms with Gasteiger partial charge in [-0.25, -0.2) is 0 Å². The number of aromatic nitrogens is 1. The Balaban J connectivity index is 2.65. The molecule has 0 aliphatic carbocycles. The summed E-state index contributed by atoms with van der Waals surface area (Å²) in [6.07, 6.45) is 0. The molecule has 3 aromatic rings. The second-order valence-electron chi connectivity index (χ2n) is 3.98. The SMILES string of the molecule is Nc1ccc2[nH]c3ccc(N)c(O)c3c2c1O. The number of nitrogen functional groups attached to an aromatic ring is 2. The van der Waals surface area contributed by atoms with Gasteiger partial charge in [0.15, 0.2) is 0 Å². The summed E-state index contributed by atoms with van der Waals surface area (Å²) in [4.78, 5) is 3.08. The molecule has 1 aromatic heterocycles. The molecule has 5 nitrogen and oxygen atoms in total. The van der Waals surface area contributed by atoms with Gasteiger partial charge in [-0.15, -0.1) is 0 Å². The molecule has 0 aliphatic heterocycles. The van der Waals surface area contributed by atoms with Crippen molar-refractivity contribution in [2.45, 2.75) is 0 Å². The Morgan fingerprint density at radius 2 is 1.18 bits per heavy atom. The summed E-state index contributed by atoms with van der Waals surface area (Å²) in [5.41, 5.74) is 13.2. The summed E-state index contributed by atoms with van der Waals surface area (Å²) < 4.78 is 0. The van der Waals surface area contributed by atoms with Crippen molar-refractivity contribution in [3.8, 4) is 11.5 Å². The van der Waals surface area contributed by atoms with Gasteiger partial charge in [-0.1, -0.05) is 0 Å². The first-order chi connectivity index (χ1) is 8.09. The smallest absolute Gasteiger partial charge is 0.148 e. The number of aromatic amines is 1. The lowest BCUT2D eigenvalue weighted by Gasteiger charge is -2.03. The van der Waals surface area contributed by atoms with Crippen molar-refractivity contribution in [1.82, 2.24) is 4.98 Å². The van der Waals surface area contributed by atoms with Crippen LogP contribution in [-0.4, -0.2) is 15.2 Å². The maximum atomic E-state index is 9.96. The van der Waals surface area contributed by atoms with Crippen molar-refractivity contribution >= 4 is 33.2 Å². The number of H-pyrrole nitrogens is 1. The summed E-state index contributed by atoms with van der Waals surface area (Å²) in [5, 5.41) is 20.9. The summed E-state index contributed by atoms with van der Waals surface area (Å²) >= 11 is 0. The summed E-state index contributed by atoms with van der Waals surface area (Å²) in [6, 6.07) is 6.71. The van der Waals surface area contributed by atoms with Gasteiger partial charge in [-0.2, -0.15) is 0 Å². The molecule has 5 heteroatoms. The largest absolute Gasteiger partial charge is 0.505 e. The molecule has 0 bridgehead atoms. The Labute approximate surface area is 96.3 Å². The van der Waals surface area contributed by atoms with Crippen LogP contribution in [0.25, 0.3) is 21.8 Å². The van der Waals surface area contributed by atoms with Gasteiger partial charge in [0.05, 0.1) is 33.2 Å². The highest BCUT2D eigenvalue weighted by atomic mass is 16.3. The molecule has 0 radical (unpaired) electrons. The number of nitrogens with one attached hydrogen (secondary N) is 1. The summed E-state index contributed by atoms with van der Waals surface area (Å²) in [5.74, 6) is -0.0932. The van der Waals surface area contributed by atoms with E-state index < -0.39 is 0 Å². The fourth-order valence-corrected chi connectivity index (χ4v) is 2.07. The highest BCUT2D eigenvalue weighted by Gasteiger charge is 2.15. The average molecular weight is 229 g/mol. The first-order valence-corrected chi connectivity index (χ1v) is 5.10. The van der Waals surface area contributed by atoms with Crippen molar-refractivity contribution in [3.63, 3.8) is 0 Å². The maximum Gasteiger partial charge on any atom is 0.148 e. The number of rotatable bonds is 0. The van der Waals surface area contributed by atoms with Crippen LogP contribution < -0.4 is 11.5 Å². The Bertz CT molecular complexity index is 684. The van der Waals surface area contributed by atoms with Gasteiger partial charge >= 0.3 is 0 Å². The molecule has 86 valence electrons. The van der Waals surface area contributed by atoms with Crippen LogP contribution in [0.1, 0.15) is 0 Å². The van der Waals surface area contributed by atoms with Crippen molar-refractivity contribution in [2.75, 3.05) is 11.5 Å². The van der Waals surface area contributed by atoms with Crippen LogP contribution in [-0.2, 0) is 0 Å². The fourth-order valence-electron chi connectivity index (χ4n) is 2.07. The molecule has 0 fully saturated rings. The zero-order valence-electron chi connectivity index (χ0n) is 8.86. The van der Waals surface area contributed by atoms with Crippen LogP contribution in [0.3, 0.4) is 0 Å². The minimum absolute atomic E-state index is 0.0466. The van der Waals surface area contributed by atoms with E-state index in [4.69, 9.17) is 11.5 Å². The van der Waals surface area contributed by atoms with Crippen LogP contribution in [0.15, 0.2) is 24.3 Å². The van der Waals surface area contributed by atoms with Gasteiger partial charge in [0.1, 0.15) is 11.5 Å². The van der Waals surface area contributed by atoms with Crippen LogP contribution in [0.5, 0.6) is 11.5 Å². The molecular formula is C12H11N3O2. The number of anilines is 2. The normalized spacial score (nSPS) is 11.3. The van der Waals surface area contributed by atoms with E-state index in [1.807, 2.05) is 0 Å². The number of nitrogens with two attached hydrogens (primary N) is 2. The number of phenolic OH excluding ortho intramolecular Hbond substituents is 2. The molecule has 0 unspecified atom stereocenters. The lowest BCUT2D eigenvalue weighted by atomic mass is 10.1. The van der Waals surface area contributed by atoms with Crippen LogP contribution in [0, 0.1) is 0 Å². The van der Waals surface area contributed by atoms with Crippen molar-refractivity contribution in [2.24, 2.45) is 0 Å². The van der Waals surface area contributed by atoms with Crippen molar-refractivity contribution in [1.29, 1.82) is 0 Å². The van der Waals surface area contributed by atoms with E-state index in [1.54, 1.807) is 24.3 Å². The predicted octanol–water partition coefficient (Wildman–Crippen LogP) is 1.90. The van der Waals surface area contributed by atoms with Gasteiger partial charge in [-0.3, -0.25) is 0 Å². The second kappa shape index (κ2) is 2.98. The minimum atomic E-state index is -0.0466. The molecular weight excluding hydrogens is 218 g/mol. The van der Waals surface area contributed by atoms with Gasteiger partial charge < -0.3 is 26.7 Å². The topological polar surface area (TPSA) is 108 Å². The van der Waals surface area contributed by atoms with Crippen molar-refractivity contribution in [3.05, 3.63) is 24.3 Å². The monoisotopic (exact) mass is 229 g/mol. The molecule has 0 saturated heterocycles. The highest BCUT2D eigenvalue weighted by Crippen LogP contribution is 2.42. The van der Waals surface area contributed by atoms with Gasteiger partial charge in [0, 0.05) is 0 Å². The first-order valence-electron chi connectivity index (χ1n) is 5.10. The molecule has 2 aromatic carbocycles. The molecule has 0 spiro atoms. The zero-order chi connectivity index (χ0) is 12.2. The van der Waals surface area contributed by atoms with Crippen LogP contribution >= 0.6 is 0 Å². The number of benzene rings is 2. The Morgan fingerprint density at radius 3 is 1.59 bits per heavy atom. The van der Waals surface area contributed by atoms with Crippen molar-refractivity contribution < 1.29 is 10.2 Å². The van der Waals surface area contributed by atoms with E-state index >= 15 is 0 Å². The zero-order valence-corrected chi connectivity index (χ0v) is 8.86. The molecule has 0 aliphatic rings.